The Bertz CT molecular complexity index is 414. The first-order valence-corrected chi connectivity index (χ1v) is 4.58. The summed E-state index contributed by atoms with van der Waals surface area (Å²) in [6.07, 6.45) is 5.08. The number of ether oxygens (including phenoxy) is 1. The van der Waals surface area contributed by atoms with Crippen molar-refractivity contribution < 1.29 is 4.74 Å². The topological polar surface area (TPSA) is 61.0 Å². The van der Waals surface area contributed by atoms with E-state index >= 15 is 0 Å². The van der Waals surface area contributed by atoms with E-state index in [0.717, 1.165) is 11.3 Å². The molecule has 15 heavy (non-hydrogen) atoms. The van der Waals surface area contributed by atoms with Crippen molar-refractivity contribution in [2.45, 2.75) is 6.61 Å². The molecule has 2 heterocycles. The van der Waals surface area contributed by atoms with Gasteiger partial charge in [0.15, 0.2) is 0 Å². The van der Waals surface area contributed by atoms with E-state index < -0.39 is 0 Å². The molecule has 4 nitrogen and oxygen atoms in total. The number of nitrogens with zero attached hydrogens (tertiary/aromatic N) is 2. The van der Waals surface area contributed by atoms with Crippen molar-refractivity contribution in [3.63, 3.8) is 0 Å². The summed E-state index contributed by atoms with van der Waals surface area (Å²) in [7, 11) is 0. The Morgan fingerprint density at radius 1 is 1.20 bits per heavy atom. The number of pyridine rings is 2. The summed E-state index contributed by atoms with van der Waals surface area (Å²) in [5, 5.41) is 0. The zero-order chi connectivity index (χ0) is 10.5. The van der Waals surface area contributed by atoms with Gasteiger partial charge in [-0.25, -0.2) is 4.98 Å². The molecule has 0 bridgehead atoms. The lowest BCUT2D eigenvalue weighted by molar-refractivity contribution is 0.304. The van der Waals surface area contributed by atoms with Gasteiger partial charge in [0.25, 0.3) is 0 Å². The lowest BCUT2D eigenvalue weighted by Crippen LogP contribution is -1.97. The molecule has 2 aromatic heterocycles. The Balaban J connectivity index is 1.96. The number of rotatable bonds is 3. The molecule has 0 aromatic carbocycles. The summed E-state index contributed by atoms with van der Waals surface area (Å²) in [5.74, 6) is 1.26. The van der Waals surface area contributed by atoms with Crippen molar-refractivity contribution in [3.8, 4) is 5.75 Å². The van der Waals surface area contributed by atoms with Crippen LogP contribution in [-0.4, -0.2) is 9.97 Å². The number of hydrogen-bond donors (Lipinski definition) is 1. The van der Waals surface area contributed by atoms with Gasteiger partial charge in [0.05, 0.1) is 6.20 Å². The highest BCUT2D eigenvalue weighted by atomic mass is 16.5. The van der Waals surface area contributed by atoms with Gasteiger partial charge < -0.3 is 10.5 Å². The van der Waals surface area contributed by atoms with Gasteiger partial charge in [-0.1, -0.05) is 6.07 Å². The van der Waals surface area contributed by atoms with E-state index in [4.69, 9.17) is 10.5 Å². The first-order valence-electron chi connectivity index (χ1n) is 4.58. The molecule has 0 atom stereocenters. The number of hydrogen-bond acceptors (Lipinski definition) is 4. The first kappa shape index (κ1) is 9.45. The molecule has 0 spiro atoms. The second kappa shape index (κ2) is 4.41. The molecular formula is C11H11N3O. The molecule has 0 saturated carbocycles. The predicted octanol–water partition coefficient (Wildman–Crippen LogP) is 1.64. The highest BCUT2D eigenvalue weighted by Gasteiger charge is 1.95. The van der Waals surface area contributed by atoms with Gasteiger partial charge in [0, 0.05) is 18.0 Å². The van der Waals surface area contributed by atoms with E-state index in [-0.39, 0.29) is 0 Å². The minimum Gasteiger partial charge on any atom is -0.487 e. The molecule has 0 radical (unpaired) electrons. The number of anilines is 1. The normalized spacial score (nSPS) is 9.87. The largest absolute Gasteiger partial charge is 0.487 e. The van der Waals surface area contributed by atoms with Crippen molar-refractivity contribution in [3.05, 3.63) is 48.4 Å². The van der Waals surface area contributed by atoms with E-state index in [2.05, 4.69) is 9.97 Å². The van der Waals surface area contributed by atoms with Gasteiger partial charge in [0.2, 0.25) is 0 Å². The average molecular weight is 201 g/mol. The fourth-order valence-corrected chi connectivity index (χ4v) is 1.12. The van der Waals surface area contributed by atoms with Crippen molar-refractivity contribution in [2.75, 3.05) is 5.73 Å². The van der Waals surface area contributed by atoms with Crippen molar-refractivity contribution in [2.24, 2.45) is 0 Å². The lowest BCUT2D eigenvalue weighted by Gasteiger charge is -2.04. The lowest BCUT2D eigenvalue weighted by atomic mass is 10.3. The van der Waals surface area contributed by atoms with Crippen LogP contribution >= 0.6 is 0 Å². The molecule has 0 amide bonds. The van der Waals surface area contributed by atoms with E-state index in [1.165, 1.54) is 0 Å². The van der Waals surface area contributed by atoms with Crippen molar-refractivity contribution in [1.82, 2.24) is 9.97 Å². The minimum atomic E-state index is 0.471. The standard InChI is InChI=1S/C11H11N3O/c12-11-4-3-9(6-14-11)8-15-10-2-1-5-13-7-10/h1-7H,8H2,(H2,12,14). The molecule has 2 aromatic rings. The van der Waals surface area contributed by atoms with Gasteiger partial charge in [-0.05, 0) is 18.2 Å². The predicted molar refractivity (Wildman–Crippen MR) is 57.2 cm³/mol. The first-order chi connectivity index (χ1) is 7.34. The molecular weight excluding hydrogens is 190 g/mol. The van der Waals surface area contributed by atoms with Crippen LogP contribution in [0.3, 0.4) is 0 Å². The second-order valence-corrected chi connectivity index (χ2v) is 3.07. The second-order valence-electron chi connectivity index (χ2n) is 3.07. The monoisotopic (exact) mass is 201 g/mol. The molecule has 0 saturated heterocycles. The van der Waals surface area contributed by atoms with Crippen LogP contribution in [0.25, 0.3) is 0 Å². The minimum absolute atomic E-state index is 0.471. The SMILES string of the molecule is Nc1ccc(COc2cccnc2)cn1. The zero-order valence-electron chi connectivity index (χ0n) is 8.13. The number of aromatic nitrogens is 2. The Labute approximate surface area is 87.7 Å². The van der Waals surface area contributed by atoms with Gasteiger partial charge in [-0.3, -0.25) is 4.98 Å². The van der Waals surface area contributed by atoms with Crippen molar-refractivity contribution in [1.29, 1.82) is 0 Å². The molecule has 0 aliphatic rings. The highest BCUT2D eigenvalue weighted by molar-refractivity contribution is 5.29. The summed E-state index contributed by atoms with van der Waals surface area (Å²) in [5.41, 5.74) is 6.45. The van der Waals surface area contributed by atoms with Crippen LogP contribution in [0.15, 0.2) is 42.9 Å². The summed E-state index contributed by atoms with van der Waals surface area (Å²) in [4.78, 5) is 7.92. The van der Waals surface area contributed by atoms with E-state index in [1.807, 2.05) is 18.2 Å². The van der Waals surface area contributed by atoms with Crippen LogP contribution in [0, 0.1) is 0 Å². The molecule has 0 aliphatic carbocycles. The maximum Gasteiger partial charge on any atom is 0.138 e. The van der Waals surface area contributed by atoms with Gasteiger partial charge >= 0.3 is 0 Å². The molecule has 4 heteroatoms. The summed E-state index contributed by atoms with van der Waals surface area (Å²) in [6.45, 7) is 0.471. The third-order valence-corrected chi connectivity index (χ3v) is 1.89. The smallest absolute Gasteiger partial charge is 0.138 e. The van der Waals surface area contributed by atoms with E-state index in [0.29, 0.717) is 12.4 Å². The molecule has 0 fully saturated rings. The summed E-state index contributed by atoms with van der Waals surface area (Å²) in [6, 6.07) is 7.33. The molecule has 0 aliphatic heterocycles. The number of nitrogen functional groups attached to an aromatic ring is 1. The van der Waals surface area contributed by atoms with Crippen LogP contribution in [0.4, 0.5) is 5.82 Å². The van der Waals surface area contributed by atoms with Gasteiger partial charge in [-0.15, -0.1) is 0 Å². The summed E-state index contributed by atoms with van der Waals surface area (Å²) < 4.78 is 5.49. The fourth-order valence-electron chi connectivity index (χ4n) is 1.12. The fraction of sp³-hybridized carbons (Fsp3) is 0.0909. The van der Waals surface area contributed by atoms with Crippen molar-refractivity contribution >= 4 is 5.82 Å². The Morgan fingerprint density at radius 3 is 2.80 bits per heavy atom. The zero-order valence-corrected chi connectivity index (χ0v) is 8.13. The van der Waals surface area contributed by atoms with Crippen LogP contribution in [0.2, 0.25) is 0 Å². The third kappa shape index (κ3) is 2.67. The summed E-state index contributed by atoms with van der Waals surface area (Å²) >= 11 is 0. The third-order valence-electron chi connectivity index (χ3n) is 1.89. The Hall–Kier alpha value is -2.10. The maximum atomic E-state index is 5.49. The Morgan fingerprint density at radius 2 is 2.13 bits per heavy atom. The molecule has 76 valence electrons. The maximum absolute atomic E-state index is 5.49. The van der Waals surface area contributed by atoms with Gasteiger partial charge in [0.1, 0.15) is 18.2 Å². The van der Waals surface area contributed by atoms with E-state index in [9.17, 15) is 0 Å². The molecule has 0 unspecified atom stereocenters. The van der Waals surface area contributed by atoms with Crippen LogP contribution in [0.1, 0.15) is 5.56 Å². The number of nitrogens with two attached hydrogens (primary N) is 1. The van der Waals surface area contributed by atoms with Crippen LogP contribution in [-0.2, 0) is 6.61 Å². The Kier molecular flexibility index (Phi) is 2.78. The average Bonchev–Trinajstić information content (AvgIpc) is 2.30. The van der Waals surface area contributed by atoms with Crippen LogP contribution in [0.5, 0.6) is 5.75 Å². The van der Waals surface area contributed by atoms with Gasteiger partial charge in [-0.2, -0.15) is 0 Å². The van der Waals surface area contributed by atoms with Crippen LogP contribution < -0.4 is 10.5 Å². The highest BCUT2D eigenvalue weighted by Crippen LogP contribution is 2.09. The molecule has 2 N–H and O–H groups in total. The molecule has 2 rings (SSSR count). The van der Waals surface area contributed by atoms with E-state index in [1.54, 1.807) is 24.7 Å². The quantitative estimate of drug-likeness (QED) is 0.820.